The molecule has 0 radical (unpaired) electrons. The Balaban J connectivity index is 2.68. The Morgan fingerprint density at radius 1 is 1.53 bits per heavy atom. The Hall–Kier alpha value is -0.620. The second-order valence-corrected chi connectivity index (χ2v) is 5.98. The molecule has 1 aliphatic heterocycles. The highest BCUT2D eigenvalue weighted by Gasteiger charge is 2.34. The van der Waals surface area contributed by atoms with Crippen molar-refractivity contribution in [3.63, 3.8) is 0 Å². The summed E-state index contributed by atoms with van der Waals surface area (Å²) in [5, 5.41) is 8.67. The number of sulfone groups is 1. The molecule has 1 saturated heterocycles. The van der Waals surface area contributed by atoms with Crippen molar-refractivity contribution in [3.05, 3.63) is 0 Å². The van der Waals surface area contributed by atoms with Crippen LogP contribution in [-0.4, -0.2) is 43.7 Å². The SMILES string of the molecule is CCOC1CCS(=O)(=O)CC1CC(=O)O. The van der Waals surface area contributed by atoms with E-state index < -0.39 is 21.7 Å². The van der Waals surface area contributed by atoms with Gasteiger partial charge in [0.15, 0.2) is 9.84 Å². The predicted molar refractivity (Wildman–Crippen MR) is 54.4 cm³/mol. The molecule has 0 bridgehead atoms. The van der Waals surface area contributed by atoms with Gasteiger partial charge in [-0.1, -0.05) is 0 Å². The van der Waals surface area contributed by atoms with Gasteiger partial charge >= 0.3 is 5.97 Å². The van der Waals surface area contributed by atoms with E-state index in [1.807, 2.05) is 6.92 Å². The highest BCUT2D eigenvalue weighted by molar-refractivity contribution is 7.91. The third kappa shape index (κ3) is 3.79. The normalized spacial score (nSPS) is 29.9. The lowest BCUT2D eigenvalue weighted by atomic mass is 9.98. The molecule has 0 aromatic heterocycles. The molecule has 2 unspecified atom stereocenters. The molecule has 2 atom stereocenters. The number of carboxylic acids is 1. The van der Waals surface area contributed by atoms with E-state index in [1.165, 1.54) is 0 Å². The number of rotatable bonds is 4. The molecule has 0 amide bonds. The summed E-state index contributed by atoms with van der Waals surface area (Å²) in [6.07, 6.45) is 0.0486. The smallest absolute Gasteiger partial charge is 0.303 e. The van der Waals surface area contributed by atoms with Gasteiger partial charge in [0.05, 0.1) is 24.0 Å². The number of carboxylic acid groups (broad SMARTS) is 1. The van der Waals surface area contributed by atoms with E-state index in [1.54, 1.807) is 0 Å². The van der Waals surface area contributed by atoms with Crippen LogP contribution in [0.25, 0.3) is 0 Å². The molecular weight excluding hydrogens is 220 g/mol. The van der Waals surface area contributed by atoms with Crippen LogP contribution in [0.2, 0.25) is 0 Å². The molecule has 0 aliphatic carbocycles. The number of ether oxygens (including phenoxy) is 1. The van der Waals surface area contributed by atoms with Crippen molar-refractivity contribution >= 4 is 15.8 Å². The predicted octanol–water partition coefficient (Wildman–Crippen LogP) is 0.301. The molecule has 1 fully saturated rings. The number of hydrogen-bond acceptors (Lipinski definition) is 4. The fraction of sp³-hybridized carbons (Fsp3) is 0.889. The van der Waals surface area contributed by atoms with Crippen molar-refractivity contribution in [2.75, 3.05) is 18.1 Å². The first-order valence-electron chi connectivity index (χ1n) is 4.98. The lowest BCUT2D eigenvalue weighted by Gasteiger charge is -2.29. The van der Waals surface area contributed by atoms with E-state index in [0.29, 0.717) is 13.0 Å². The standard InChI is InChI=1S/C9H16O5S/c1-2-14-8-3-4-15(12,13)6-7(8)5-9(10)11/h7-8H,2-6H2,1H3,(H,10,11). The van der Waals surface area contributed by atoms with Gasteiger partial charge in [-0.15, -0.1) is 0 Å². The van der Waals surface area contributed by atoms with Gasteiger partial charge in [0, 0.05) is 12.5 Å². The summed E-state index contributed by atoms with van der Waals surface area (Å²) >= 11 is 0. The van der Waals surface area contributed by atoms with Crippen molar-refractivity contribution in [2.24, 2.45) is 5.92 Å². The second kappa shape index (κ2) is 4.94. The van der Waals surface area contributed by atoms with Crippen LogP contribution in [0, 0.1) is 5.92 Å². The van der Waals surface area contributed by atoms with Crippen molar-refractivity contribution in [1.82, 2.24) is 0 Å². The van der Waals surface area contributed by atoms with Crippen molar-refractivity contribution in [3.8, 4) is 0 Å². The number of aliphatic carboxylic acids is 1. The van der Waals surface area contributed by atoms with Crippen molar-refractivity contribution < 1.29 is 23.1 Å². The summed E-state index contributed by atoms with van der Waals surface area (Å²) in [6, 6.07) is 0. The van der Waals surface area contributed by atoms with Gasteiger partial charge in [-0.25, -0.2) is 8.42 Å². The fourth-order valence-corrected chi connectivity index (χ4v) is 3.64. The number of carbonyl (C=O) groups is 1. The van der Waals surface area contributed by atoms with Crippen LogP contribution in [0.3, 0.4) is 0 Å². The van der Waals surface area contributed by atoms with E-state index in [9.17, 15) is 13.2 Å². The molecule has 0 saturated carbocycles. The summed E-state index contributed by atoms with van der Waals surface area (Å²) < 4.78 is 28.0. The zero-order valence-electron chi connectivity index (χ0n) is 8.68. The largest absolute Gasteiger partial charge is 0.481 e. The Kier molecular flexibility index (Phi) is 4.10. The van der Waals surface area contributed by atoms with Gasteiger partial charge in [0.1, 0.15) is 0 Å². The minimum atomic E-state index is -3.07. The minimum Gasteiger partial charge on any atom is -0.481 e. The Labute approximate surface area is 89.3 Å². The van der Waals surface area contributed by atoms with Crippen LogP contribution in [0.15, 0.2) is 0 Å². The second-order valence-electron chi connectivity index (χ2n) is 3.75. The molecule has 6 heteroatoms. The lowest BCUT2D eigenvalue weighted by Crippen LogP contribution is -2.39. The Bertz CT molecular complexity index is 321. The van der Waals surface area contributed by atoms with Gasteiger partial charge in [-0.2, -0.15) is 0 Å². The molecule has 1 heterocycles. The highest BCUT2D eigenvalue weighted by Crippen LogP contribution is 2.24. The van der Waals surface area contributed by atoms with Gasteiger partial charge < -0.3 is 9.84 Å². The first-order valence-corrected chi connectivity index (χ1v) is 6.80. The first-order chi connectivity index (χ1) is 6.94. The fourth-order valence-electron chi connectivity index (χ4n) is 1.90. The van der Waals surface area contributed by atoms with E-state index >= 15 is 0 Å². The summed E-state index contributed by atoms with van der Waals surface area (Å²) in [7, 11) is -3.07. The van der Waals surface area contributed by atoms with E-state index in [0.717, 1.165) is 0 Å². The lowest BCUT2D eigenvalue weighted by molar-refractivity contribution is -0.139. The van der Waals surface area contributed by atoms with Gasteiger partial charge in [-0.3, -0.25) is 4.79 Å². The van der Waals surface area contributed by atoms with Crippen molar-refractivity contribution in [2.45, 2.75) is 25.9 Å². The Morgan fingerprint density at radius 3 is 2.73 bits per heavy atom. The average molecular weight is 236 g/mol. The number of hydrogen-bond donors (Lipinski definition) is 1. The van der Waals surface area contributed by atoms with Gasteiger partial charge in [0.25, 0.3) is 0 Å². The minimum absolute atomic E-state index is 0.0655. The first kappa shape index (κ1) is 12.4. The van der Waals surface area contributed by atoms with Crippen LogP contribution in [0.1, 0.15) is 19.8 Å². The van der Waals surface area contributed by atoms with Crippen LogP contribution in [0.5, 0.6) is 0 Å². The molecule has 5 nitrogen and oxygen atoms in total. The maximum absolute atomic E-state index is 11.3. The molecule has 15 heavy (non-hydrogen) atoms. The van der Waals surface area contributed by atoms with E-state index in [4.69, 9.17) is 9.84 Å². The quantitative estimate of drug-likeness (QED) is 0.759. The van der Waals surface area contributed by atoms with Gasteiger partial charge in [-0.05, 0) is 13.3 Å². The topological polar surface area (TPSA) is 80.7 Å². The zero-order valence-corrected chi connectivity index (χ0v) is 9.50. The van der Waals surface area contributed by atoms with Crippen LogP contribution in [0.4, 0.5) is 0 Å². The summed E-state index contributed by atoms with van der Waals surface area (Å²) in [5.74, 6) is -1.33. The molecule has 0 aromatic carbocycles. The third-order valence-electron chi connectivity index (χ3n) is 2.52. The summed E-state index contributed by atoms with van der Waals surface area (Å²) in [5.41, 5.74) is 0. The summed E-state index contributed by atoms with van der Waals surface area (Å²) in [4.78, 5) is 10.6. The van der Waals surface area contributed by atoms with Crippen LogP contribution < -0.4 is 0 Å². The van der Waals surface area contributed by atoms with Crippen molar-refractivity contribution in [1.29, 1.82) is 0 Å². The highest BCUT2D eigenvalue weighted by atomic mass is 32.2. The Morgan fingerprint density at radius 2 is 2.20 bits per heavy atom. The third-order valence-corrected chi connectivity index (χ3v) is 4.32. The molecule has 88 valence electrons. The van der Waals surface area contributed by atoms with Gasteiger partial charge in [0.2, 0.25) is 0 Å². The van der Waals surface area contributed by atoms with E-state index in [-0.39, 0.29) is 24.0 Å². The molecular formula is C9H16O5S. The molecule has 0 aromatic rings. The molecule has 1 rings (SSSR count). The molecule has 0 spiro atoms. The average Bonchev–Trinajstić information content (AvgIpc) is 2.08. The maximum atomic E-state index is 11.3. The summed E-state index contributed by atoms with van der Waals surface area (Å²) in [6.45, 7) is 2.31. The maximum Gasteiger partial charge on any atom is 0.303 e. The zero-order chi connectivity index (χ0) is 11.5. The van der Waals surface area contributed by atoms with E-state index in [2.05, 4.69) is 0 Å². The molecule has 1 aliphatic rings. The van der Waals surface area contributed by atoms with Crippen LogP contribution in [-0.2, 0) is 19.4 Å². The molecule has 1 N–H and O–H groups in total. The monoisotopic (exact) mass is 236 g/mol. The van der Waals surface area contributed by atoms with Crippen LogP contribution >= 0.6 is 0 Å².